The van der Waals surface area contributed by atoms with E-state index in [1.165, 1.54) is 0 Å². The second kappa shape index (κ2) is 15.1. The number of anilines is 1. The lowest BCUT2D eigenvalue weighted by Gasteiger charge is -2.21. The summed E-state index contributed by atoms with van der Waals surface area (Å²) < 4.78 is 75.5. The summed E-state index contributed by atoms with van der Waals surface area (Å²) in [6.45, 7) is 1.70. The molecule has 12 nitrogen and oxygen atoms in total. The summed E-state index contributed by atoms with van der Waals surface area (Å²) in [5.41, 5.74) is -1.10. The SMILES string of the molecule is CNCCCOc1cc(F)c(-c2c(Cl)nc3ncnn3c2N[C@@H](C)C(F)(F)F)c(F)c1.O.O=C(O)CCC(=O)O. The van der Waals surface area contributed by atoms with Crippen molar-refractivity contribution in [2.45, 2.75) is 38.4 Å². The first kappa shape index (κ1) is 34.2. The van der Waals surface area contributed by atoms with E-state index < -0.39 is 57.9 Å². The highest BCUT2D eigenvalue weighted by molar-refractivity contribution is 6.33. The number of carboxylic acids is 2. The summed E-state index contributed by atoms with van der Waals surface area (Å²) >= 11 is 6.11. The Morgan fingerprint density at radius 1 is 1.12 bits per heavy atom. The first-order chi connectivity index (χ1) is 18.3. The summed E-state index contributed by atoms with van der Waals surface area (Å²) in [5.74, 6) is -4.95. The molecule has 2 heterocycles. The smallest absolute Gasteiger partial charge is 0.408 e. The van der Waals surface area contributed by atoms with Crippen LogP contribution in [0.4, 0.5) is 27.8 Å². The van der Waals surface area contributed by atoms with Gasteiger partial charge in [-0.05, 0) is 26.9 Å². The maximum Gasteiger partial charge on any atom is 0.408 e. The Morgan fingerprint density at radius 2 is 1.70 bits per heavy atom. The van der Waals surface area contributed by atoms with Gasteiger partial charge in [0.2, 0.25) is 0 Å². The molecule has 0 aliphatic carbocycles. The van der Waals surface area contributed by atoms with Crippen molar-refractivity contribution in [3.05, 3.63) is 35.2 Å². The number of aromatic nitrogens is 4. The van der Waals surface area contributed by atoms with Crippen LogP contribution in [0.5, 0.6) is 5.75 Å². The number of ether oxygens (including phenoxy) is 1. The molecule has 3 rings (SSSR count). The van der Waals surface area contributed by atoms with Gasteiger partial charge in [0, 0.05) is 12.1 Å². The molecule has 2 aromatic heterocycles. The van der Waals surface area contributed by atoms with E-state index in [9.17, 15) is 31.5 Å². The van der Waals surface area contributed by atoms with Crippen LogP contribution in [0.1, 0.15) is 26.2 Å². The topological polar surface area (TPSA) is 182 Å². The maximum atomic E-state index is 14.9. The Balaban J connectivity index is 0.000000777. The lowest BCUT2D eigenvalue weighted by atomic mass is 10.1. The maximum absolute atomic E-state index is 14.9. The van der Waals surface area contributed by atoms with Crippen LogP contribution in [-0.4, -0.2) is 79.6 Å². The number of aliphatic carboxylic acids is 2. The van der Waals surface area contributed by atoms with E-state index in [0.29, 0.717) is 13.0 Å². The Hall–Kier alpha value is -3.83. The molecule has 0 spiro atoms. The van der Waals surface area contributed by atoms with Gasteiger partial charge in [0.05, 0.1) is 30.6 Å². The van der Waals surface area contributed by atoms with Gasteiger partial charge in [-0.2, -0.15) is 32.8 Å². The highest BCUT2D eigenvalue weighted by Gasteiger charge is 2.37. The Morgan fingerprint density at radius 3 is 2.20 bits per heavy atom. The van der Waals surface area contributed by atoms with Crippen LogP contribution in [0, 0.1) is 11.6 Å². The molecule has 1 atom stereocenters. The van der Waals surface area contributed by atoms with Crippen molar-refractivity contribution in [3.63, 3.8) is 0 Å². The molecule has 0 bridgehead atoms. The number of carbonyl (C=O) groups is 2. The zero-order valence-corrected chi connectivity index (χ0v) is 21.8. The Bertz CT molecular complexity index is 1270. The zero-order valence-electron chi connectivity index (χ0n) is 21.0. The number of halogens is 6. The van der Waals surface area contributed by atoms with E-state index in [1.54, 1.807) is 7.05 Å². The second-order valence-electron chi connectivity index (χ2n) is 7.86. The fourth-order valence-electron chi connectivity index (χ4n) is 2.98. The van der Waals surface area contributed by atoms with Crippen molar-refractivity contribution >= 4 is 35.1 Å². The van der Waals surface area contributed by atoms with Gasteiger partial charge >= 0.3 is 18.1 Å². The fraction of sp³-hybridized carbons (Fsp3) is 0.409. The molecule has 0 amide bonds. The normalized spacial score (nSPS) is 11.7. The van der Waals surface area contributed by atoms with Crippen LogP contribution in [0.3, 0.4) is 0 Å². The van der Waals surface area contributed by atoms with Crippen molar-refractivity contribution in [1.82, 2.24) is 24.9 Å². The largest absolute Gasteiger partial charge is 0.493 e. The molecule has 6 N–H and O–H groups in total. The zero-order chi connectivity index (χ0) is 29.3. The van der Waals surface area contributed by atoms with E-state index >= 15 is 0 Å². The molecule has 222 valence electrons. The van der Waals surface area contributed by atoms with Gasteiger partial charge in [0.15, 0.2) is 0 Å². The minimum atomic E-state index is -4.65. The van der Waals surface area contributed by atoms with Gasteiger partial charge in [-0.3, -0.25) is 9.59 Å². The molecule has 0 saturated heterocycles. The number of benzene rings is 1. The van der Waals surface area contributed by atoms with E-state index in [4.69, 9.17) is 26.6 Å². The number of hydrogen-bond acceptors (Lipinski definition) is 8. The van der Waals surface area contributed by atoms with Crippen LogP contribution < -0.4 is 15.4 Å². The molecular weight excluding hydrogens is 575 g/mol. The second-order valence-corrected chi connectivity index (χ2v) is 8.22. The first-order valence-electron chi connectivity index (χ1n) is 11.2. The van der Waals surface area contributed by atoms with Crippen LogP contribution in [-0.2, 0) is 9.59 Å². The molecule has 1 aromatic carbocycles. The van der Waals surface area contributed by atoms with Crippen molar-refractivity contribution in [1.29, 1.82) is 0 Å². The summed E-state index contributed by atoms with van der Waals surface area (Å²) in [6, 6.07) is -0.231. The van der Waals surface area contributed by atoms with Crippen LogP contribution in [0.25, 0.3) is 16.9 Å². The predicted molar refractivity (Wildman–Crippen MR) is 132 cm³/mol. The average Bonchev–Trinajstić information content (AvgIpc) is 3.29. The van der Waals surface area contributed by atoms with E-state index in [-0.39, 0.29) is 36.5 Å². The van der Waals surface area contributed by atoms with Crippen LogP contribution in [0.2, 0.25) is 5.15 Å². The van der Waals surface area contributed by atoms with Gasteiger partial charge in [-0.1, -0.05) is 11.6 Å². The van der Waals surface area contributed by atoms with E-state index in [2.05, 4.69) is 25.7 Å². The number of fused-ring (bicyclic) bond motifs is 1. The van der Waals surface area contributed by atoms with Crippen LogP contribution >= 0.6 is 11.6 Å². The molecule has 0 aliphatic rings. The first-order valence-corrected chi connectivity index (χ1v) is 11.6. The van der Waals surface area contributed by atoms with Gasteiger partial charge in [0.1, 0.15) is 40.7 Å². The fourth-order valence-corrected chi connectivity index (χ4v) is 3.24. The number of alkyl halides is 3. The predicted octanol–water partition coefficient (Wildman–Crippen LogP) is 3.19. The number of rotatable bonds is 11. The Kier molecular flexibility index (Phi) is 12.9. The van der Waals surface area contributed by atoms with Gasteiger partial charge in [-0.25, -0.2) is 8.78 Å². The van der Waals surface area contributed by atoms with Crippen molar-refractivity contribution < 1.29 is 52.0 Å². The lowest BCUT2D eigenvalue weighted by molar-refractivity contribution is -0.143. The van der Waals surface area contributed by atoms with Crippen LogP contribution in [0.15, 0.2) is 18.5 Å². The number of nitrogens with zero attached hydrogens (tertiary/aromatic N) is 4. The average molecular weight is 601 g/mol. The molecule has 0 radical (unpaired) electrons. The molecule has 0 saturated carbocycles. The van der Waals surface area contributed by atoms with E-state index in [0.717, 1.165) is 29.9 Å². The number of nitrogens with one attached hydrogen (secondary N) is 2. The standard InChI is InChI=1S/C18H18ClF5N6O.C4H6O4.H2O/c1-9(18(22,23)24)28-16-14(15(19)29-17-26-8-27-30(16)17)13-11(20)6-10(7-12(13)21)31-5-3-4-25-2;5-3(6)1-2-4(7)8;/h6-9,25,28H,3-5H2,1-2H3;1-2H2,(H,5,6)(H,7,8);1H2/t9-;;/m0../s1. The molecule has 40 heavy (non-hydrogen) atoms. The van der Waals surface area contributed by atoms with Crippen molar-refractivity contribution in [2.24, 2.45) is 0 Å². The summed E-state index contributed by atoms with van der Waals surface area (Å²) in [6.07, 6.45) is -3.61. The monoisotopic (exact) mass is 600 g/mol. The summed E-state index contributed by atoms with van der Waals surface area (Å²) in [5, 5.41) is 24.2. The number of carboxylic acid groups (broad SMARTS) is 2. The van der Waals surface area contributed by atoms with Gasteiger partial charge in [-0.15, -0.1) is 0 Å². The third-order valence-corrected chi connectivity index (χ3v) is 5.16. The summed E-state index contributed by atoms with van der Waals surface area (Å²) in [7, 11) is 1.75. The minimum Gasteiger partial charge on any atom is -0.493 e. The highest BCUT2D eigenvalue weighted by atomic mass is 35.5. The summed E-state index contributed by atoms with van der Waals surface area (Å²) in [4.78, 5) is 26.9. The Labute approximate surface area is 228 Å². The van der Waals surface area contributed by atoms with Crippen molar-refractivity contribution in [2.75, 3.05) is 25.5 Å². The van der Waals surface area contributed by atoms with Crippen molar-refractivity contribution in [3.8, 4) is 16.9 Å². The molecule has 0 unspecified atom stereocenters. The van der Waals surface area contributed by atoms with Gasteiger partial charge < -0.3 is 31.1 Å². The molecule has 3 aromatic rings. The molecule has 0 aliphatic heterocycles. The van der Waals surface area contributed by atoms with Gasteiger partial charge in [0.25, 0.3) is 5.78 Å². The third kappa shape index (κ3) is 9.42. The number of hydrogen-bond donors (Lipinski definition) is 4. The van der Waals surface area contributed by atoms with E-state index in [1.807, 2.05) is 0 Å². The molecular formula is C22H26ClF5N6O6. The minimum absolute atomic E-state index is 0. The molecule has 18 heteroatoms. The molecule has 0 fully saturated rings. The third-order valence-electron chi connectivity index (χ3n) is 4.89. The highest BCUT2D eigenvalue weighted by Crippen LogP contribution is 2.39. The lowest BCUT2D eigenvalue weighted by Crippen LogP contribution is -2.34. The quantitative estimate of drug-likeness (QED) is 0.145.